The van der Waals surface area contributed by atoms with E-state index in [0.717, 1.165) is 34.4 Å². The molecule has 21 heavy (non-hydrogen) atoms. The summed E-state index contributed by atoms with van der Waals surface area (Å²) < 4.78 is 5.79. The van der Waals surface area contributed by atoms with Crippen LogP contribution in [0.3, 0.4) is 0 Å². The van der Waals surface area contributed by atoms with Gasteiger partial charge in [0.05, 0.1) is 6.10 Å². The molecule has 110 valence electrons. The monoisotopic (exact) mass is 282 g/mol. The molecular formula is C19H22O2. The minimum atomic E-state index is 0.0614. The van der Waals surface area contributed by atoms with E-state index in [-0.39, 0.29) is 11.9 Å². The molecule has 0 heterocycles. The second-order valence-electron chi connectivity index (χ2n) is 5.51. The molecule has 0 spiro atoms. The van der Waals surface area contributed by atoms with E-state index in [4.69, 9.17) is 4.74 Å². The van der Waals surface area contributed by atoms with Crippen molar-refractivity contribution >= 4 is 5.78 Å². The lowest BCUT2D eigenvalue weighted by Gasteiger charge is -2.14. The SMILES string of the molecule is CCC(C)Oc1ccc(C(=O)c2cccc(C)c2)c(C)c1. The number of carbonyl (C=O) groups excluding carboxylic acids is 1. The molecule has 0 amide bonds. The van der Waals surface area contributed by atoms with Gasteiger partial charge < -0.3 is 4.74 Å². The number of ether oxygens (including phenoxy) is 1. The average molecular weight is 282 g/mol. The lowest BCUT2D eigenvalue weighted by Crippen LogP contribution is -2.10. The van der Waals surface area contributed by atoms with Crippen LogP contribution in [0.2, 0.25) is 0 Å². The smallest absolute Gasteiger partial charge is 0.193 e. The van der Waals surface area contributed by atoms with Crippen molar-refractivity contribution in [3.05, 3.63) is 64.7 Å². The lowest BCUT2D eigenvalue weighted by molar-refractivity contribution is 0.103. The first-order chi connectivity index (χ1) is 10.0. The van der Waals surface area contributed by atoms with E-state index in [1.807, 2.05) is 63.2 Å². The Labute approximate surface area is 126 Å². The van der Waals surface area contributed by atoms with Gasteiger partial charge in [-0.15, -0.1) is 0 Å². The molecule has 1 atom stereocenters. The summed E-state index contributed by atoms with van der Waals surface area (Å²) in [6.45, 7) is 8.08. The van der Waals surface area contributed by atoms with Crippen molar-refractivity contribution in [3.8, 4) is 5.75 Å². The molecule has 0 aliphatic heterocycles. The van der Waals surface area contributed by atoms with Crippen LogP contribution in [0, 0.1) is 13.8 Å². The van der Waals surface area contributed by atoms with E-state index in [1.54, 1.807) is 0 Å². The third-order valence-corrected chi connectivity index (χ3v) is 3.63. The Hall–Kier alpha value is -2.09. The number of ketones is 1. The lowest BCUT2D eigenvalue weighted by atomic mass is 9.98. The Balaban J connectivity index is 2.26. The summed E-state index contributed by atoms with van der Waals surface area (Å²) in [7, 11) is 0. The average Bonchev–Trinajstić information content (AvgIpc) is 2.46. The van der Waals surface area contributed by atoms with Crippen LogP contribution in [0.25, 0.3) is 0 Å². The Bertz CT molecular complexity index is 644. The maximum absolute atomic E-state index is 12.6. The first kappa shape index (κ1) is 15.3. The summed E-state index contributed by atoms with van der Waals surface area (Å²) in [6.07, 6.45) is 1.14. The van der Waals surface area contributed by atoms with Gasteiger partial charge in [0.2, 0.25) is 0 Å². The van der Waals surface area contributed by atoms with E-state index in [0.29, 0.717) is 0 Å². The highest BCUT2D eigenvalue weighted by molar-refractivity contribution is 6.10. The van der Waals surface area contributed by atoms with Crippen molar-refractivity contribution in [2.75, 3.05) is 0 Å². The van der Waals surface area contributed by atoms with Gasteiger partial charge in [0.15, 0.2) is 5.78 Å². The predicted octanol–water partition coefficient (Wildman–Crippen LogP) is 4.71. The highest BCUT2D eigenvalue weighted by Gasteiger charge is 2.13. The molecule has 2 rings (SSSR count). The highest BCUT2D eigenvalue weighted by atomic mass is 16.5. The number of carbonyl (C=O) groups is 1. The topological polar surface area (TPSA) is 26.3 Å². The van der Waals surface area contributed by atoms with Gasteiger partial charge in [0.25, 0.3) is 0 Å². The second kappa shape index (κ2) is 6.57. The van der Waals surface area contributed by atoms with Crippen LogP contribution in [0.5, 0.6) is 5.75 Å². The van der Waals surface area contributed by atoms with Crippen molar-refractivity contribution in [1.29, 1.82) is 0 Å². The summed E-state index contributed by atoms with van der Waals surface area (Å²) in [6, 6.07) is 13.4. The van der Waals surface area contributed by atoms with Crippen LogP contribution in [0.15, 0.2) is 42.5 Å². The van der Waals surface area contributed by atoms with Crippen molar-refractivity contribution in [2.24, 2.45) is 0 Å². The van der Waals surface area contributed by atoms with E-state index < -0.39 is 0 Å². The van der Waals surface area contributed by atoms with Gasteiger partial charge in [-0.25, -0.2) is 0 Å². The maximum Gasteiger partial charge on any atom is 0.193 e. The van der Waals surface area contributed by atoms with Crippen molar-refractivity contribution in [2.45, 2.75) is 40.2 Å². The predicted molar refractivity (Wildman–Crippen MR) is 86.2 cm³/mol. The summed E-state index contributed by atoms with van der Waals surface area (Å²) in [5.74, 6) is 0.883. The fourth-order valence-electron chi connectivity index (χ4n) is 2.22. The zero-order valence-corrected chi connectivity index (χ0v) is 13.1. The van der Waals surface area contributed by atoms with Crippen molar-refractivity contribution in [1.82, 2.24) is 0 Å². The zero-order chi connectivity index (χ0) is 15.4. The normalized spacial score (nSPS) is 12.0. The van der Waals surface area contributed by atoms with Crippen LogP contribution in [-0.4, -0.2) is 11.9 Å². The third-order valence-electron chi connectivity index (χ3n) is 3.63. The Morgan fingerprint density at radius 3 is 2.52 bits per heavy atom. The molecule has 0 aromatic heterocycles. The number of hydrogen-bond donors (Lipinski definition) is 0. The number of aryl methyl sites for hydroxylation is 2. The van der Waals surface area contributed by atoms with Crippen LogP contribution in [0.1, 0.15) is 47.3 Å². The maximum atomic E-state index is 12.6. The largest absolute Gasteiger partial charge is 0.491 e. The van der Waals surface area contributed by atoms with Crippen LogP contribution >= 0.6 is 0 Å². The van der Waals surface area contributed by atoms with Gasteiger partial charge in [-0.3, -0.25) is 4.79 Å². The first-order valence-corrected chi connectivity index (χ1v) is 7.40. The molecule has 2 aromatic rings. The summed E-state index contributed by atoms with van der Waals surface area (Å²) in [5.41, 5.74) is 3.50. The van der Waals surface area contributed by atoms with Gasteiger partial charge >= 0.3 is 0 Å². The van der Waals surface area contributed by atoms with Crippen LogP contribution < -0.4 is 4.74 Å². The Morgan fingerprint density at radius 1 is 1.14 bits per heavy atom. The number of rotatable bonds is 5. The fourth-order valence-corrected chi connectivity index (χ4v) is 2.22. The second-order valence-corrected chi connectivity index (χ2v) is 5.51. The Kier molecular flexibility index (Phi) is 4.79. The van der Waals surface area contributed by atoms with Gasteiger partial charge in [0.1, 0.15) is 5.75 Å². The molecule has 0 aliphatic carbocycles. The van der Waals surface area contributed by atoms with Crippen molar-refractivity contribution in [3.63, 3.8) is 0 Å². The molecule has 0 fully saturated rings. The molecule has 0 saturated carbocycles. The molecule has 0 bridgehead atoms. The fraction of sp³-hybridized carbons (Fsp3) is 0.316. The van der Waals surface area contributed by atoms with Gasteiger partial charge in [0, 0.05) is 11.1 Å². The van der Waals surface area contributed by atoms with Gasteiger partial charge in [-0.1, -0.05) is 30.7 Å². The van der Waals surface area contributed by atoms with Crippen LogP contribution in [-0.2, 0) is 0 Å². The number of hydrogen-bond acceptors (Lipinski definition) is 2. The molecule has 2 heteroatoms. The van der Waals surface area contributed by atoms with E-state index in [9.17, 15) is 4.79 Å². The molecule has 2 nitrogen and oxygen atoms in total. The summed E-state index contributed by atoms with van der Waals surface area (Å²) in [5, 5.41) is 0. The molecule has 2 aromatic carbocycles. The van der Waals surface area contributed by atoms with E-state index in [2.05, 4.69) is 6.92 Å². The number of benzene rings is 2. The van der Waals surface area contributed by atoms with Crippen LogP contribution in [0.4, 0.5) is 0 Å². The van der Waals surface area contributed by atoms with Gasteiger partial charge in [-0.05, 0) is 57.0 Å². The highest BCUT2D eigenvalue weighted by Crippen LogP contribution is 2.21. The standard InChI is InChI=1S/C19H22O2/c1-5-15(4)21-17-9-10-18(14(3)12-17)19(20)16-8-6-7-13(2)11-16/h6-12,15H,5H2,1-4H3. The van der Waals surface area contributed by atoms with E-state index >= 15 is 0 Å². The molecule has 0 radical (unpaired) electrons. The Morgan fingerprint density at radius 2 is 1.90 bits per heavy atom. The minimum Gasteiger partial charge on any atom is -0.491 e. The molecular weight excluding hydrogens is 260 g/mol. The van der Waals surface area contributed by atoms with Crippen molar-refractivity contribution < 1.29 is 9.53 Å². The molecule has 0 saturated heterocycles. The quantitative estimate of drug-likeness (QED) is 0.742. The molecule has 1 unspecified atom stereocenters. The third kappa shape index (κ3) is 3.72. The summed E-state index contributed by atoms with van der Waals surface area (Å²) >= 11 is 0. The molecule has 0 aliphatic rings. The minimum absolute atomic E-state index is 0.0614. The van der Waals surface area contributed by atoms with Gasteiger partial charge in [-0.2, -0.15) is 0 Å². The summed E-state index contributed by atoms with van der Waals surface area (Å²) in [4.78, 5) is 12.6. The van der Waals surface area contributed by atoms with E-state index in [1.165, 1.54) is 0 Å². The first-order valence-electron chi connectivity index (χ1n) is 7.40. The zero-order valence-electron chi connectivity index (χ0n) is 13.1. The molecule has 0 N–H and O–H groups in total.